The summed E-state index contributed by atoms with van der Waals surface area (Å²) < 4.78 is 1.04. The average molecular weight is 406 g/mol. The van der Waals surface area contributed by atoms with Crippen LogP contribution in [0.4, 0.5) is 5.00 Å². The molecule has 126 valence electrons. The van der Waals surface area contributed by atoms with Gasteiger partial charge in [-0.15, -0.1) is 11.3 Å². The highest BCUT2D eigenvalue weighted by molar-refractivity contribution is 9.10. The van der Waals surface area contributed by atoms with E-state index in [-0.39, 0.29) is 12.1 Å². The van der Waals surface area contributed by atoms with E-state index in [0.29, 0.717) is 6.04 Å². The van der Waals surface area contributed by atoms with Crippen molar-refractivity contribution in [3.63, 3.8) is 0 Å². The second-order valence-electron chi connectivity index (χ2n) is 6.62. The summed E-state index contributed by atoms with van der Waals surface area (Å²) in [5.74, 6) is 0.0483. The van der Waals surface area contributed by atoms with Crippen molar-refractivity contribution in [2.24, 2.45) is 0 Å². The fourth-order valence-corrected chi connectivity index (χ4v) is 4.96. The first-order valence-corrected chi connectivity index (χ1v) is 9.85. The maximum absolute atomic E-state index is 12.7. The van der Waals surface area contributed by atoms with Crippen LogP contribution in [0.2, 0.25) is 0 Å². The Balaban J connectivity index is 1.65. The van der Waals surface area contributed by atoms with Crippen molar-refractivity contribution in [3.8, 4) is 0 Å². The molecular formula is C18H20BrN3OS. The monoisotopic (exact) mass is 405 g/mol. The number of benzene rings is 1. The van der Waals surface area contributed by atoms with Gasteiger partial charge >= 0.3 is 0 Å². The van der Waals surface area contributed by atoms with Crippen molar-refractivity contribution in [3.05, 3.63) is 50.3 Å². The van der Waals surface area contributed by atoms with Gasteiger partial charge < -0.3 is 10.6 Å². The Kier molecular flexibility index (Phi) is 4.14. The summed E-state index contributed by atoms with van der Waals surface area (Å²) in [6.07, 6.45) is 0.789. The van der Waals surface area contributed by atoms with Gasteiger partial charge in [-0.3, -0.25) is 9.69 Å². The quantitative estimate of drug-likeness (QED) is 0.788. The molecule has 0 radical (unpaired) electrons. The molecular weight excluding hydrogens is 386 g/mol. The molecule has 0 fully saturated rings. The Morgan fingerprint density at radius 2 is 2.00 bits per heavy atom. The highest BCUT2D eigenvalue weighted by Crippen LogP contribution is 2.41. The molecule has 2 aliphatic heterocycles. The van der Waals surface area contributed by atoms with Gasteiger partial charge in [-0.25, -0.2) is 0 Å². The minimum atomic E-state index is -0.167. The summed E-state index contributed by atoms with van der Waals surface area (Å²) in [6, 6.07) is 8.59. The number of carbonyl (C=O) groups excluding carboxylic acids is 1. The van der Waals surface area contributed by atoms with Crippen LogP contribution in [0.5, 0.6) is 0 Å². The largest absolute Gasteiger partial charge is 0.353 e. The van der Waals surface area contributed by atoms with Gasteiger partial charge in [-0.05, 0) is 43.5 Å². The van der Waals surface area contributed by atoms with Gasteiger partial charge in [0.1, 0.15) is 11.2 Å². The summed E-state index contributed by atoms with van der Waals surface area (Å²) in [5.41, 5.74) is 3.17. The number of hydrogen-bond acceptors (Lipinski definition) is 4. The van der Waals surface area contributed by atoms with Gasteiger partial charge in [-0.2, -0.15) is 0 Å². The van der Waals surface area contributed by atoms with Gasteiger partial charge in [0.05, 0.1) is 5.56 Å². The van der Waals surface area contributed by atoms with Crippen molar-refractivity contribution >= 4 is 38.2 Å². The van der Waals surface area contributed by atoms with E-state index in [2.05, 4.69) is 45.3 Å². The third kappa shape index (κ3) is 2.76. The van der Waals surface area contributed by atoms with Crippen LogP contribution in [0, 0.1) is 0 Å². The van der Waals surface area contributed by atoms with Gasteiger partial charge in [0.2, 0.25) is 0 Å². The molecule has 24 heavy (non-hydrogen) atoms. The van der Waals surface area contributed by atoms with E-state index in [1.807, 2.05) is 24.3 Å². The summed E-state index contributed by atoms with van der Waals surface area (Å²) >= 11 is 5.19. The van der Waals surface area contributed by atoms with E-state index < -0.39 is 0 Å². The Bertz CT molecular complexity index is 784. The number of amides is 1. The third-order valence-electron chi connectivity index (χ3n) is 4.80. The zero-order valence-electron chi connectivity index (χ0n) is 13.7. The molecule has 4 nitrogen and oxygen atoms in total. The number of fused-ring (bicyclic) bond motifs is 3. The molecule has 3 heterocycles. The minimum Gasteiger partial charge on any atom is -0.353 e. The molecule has 4 rings (SSSR count). The lowest BCUT2D eigenvalue weighted by Gasteiger charge is -2.31. The minimum absolute atomic E-state index is 0.0483. The van der Waals surface area contributed by atoms with E-state index >= 15 is 0 Å². The average Bonchev–Trinajstić information content (AvgIpc) is 2.93. The Morgan fingerprint density at radius 3 is 2.71 bits per heavy atom. The van der Waals surface area contributed by atoms with Crippen LogP contribution in [-0.2, 0) is 13.0 Å². The van der Waals surface area contributed by atoms with E-state index in [1.54, 1.807) is 11.3 Å². The molecule has 0 saturated carbocycles. The molecule has 0 aliphatic carbocycles. The van der Waals surface area contributed by atoms with Gasteiger partial charge in [-0.1, -0.05) is 28.1 Å². The third-order valence-corrected chi connectivity index (χ3v) is 6.47. The summed E-state index contributed by atoms with van der Waals surface area (Å²) in [4.78, 5) is 16.5. The first kappa shape index (κ1) is 16.1. The van der Waals surface area contributed by atoms with E-state index in [1.165, 1.54) is 10.4 Å². The van der Waals surface area contributed by atoms with Crippen LogP contribution < -0.4 is 10.6 Å². The number of anilines is 1. The van der Waals surface area contributed by atoms with Crippen LogP contribution in [-0.4, -0.2) is 23.4 Å². The summed E-state index contributed by atoms with van der Waals surface area (Å²) in [5, 5.41) is 7.64. The zero-order valence-corrected chi connectivity index (χ0v) is 16.1. The van der Waals surface area contributed by atoms with Gasteiger partial charge in [0.15, 0.2) is 0 Å². The first-order valence-electron chi connectivity index (χ1n) is 8.24. The second-order valence-corrected chi connectivity index (χ2v) is 8.65. The van der Waals surface area contributed by atoms with Crippen molar-refractivity contribution in [2.45, 2.75) is 39.0 Å². The number of carbonyl (C=O) groups is 1. The number of halogens is 1. The molecule has 1 atom stereocenters. The number of nitrogens with one attached hydrogen (secondary N) is 2. The molecule has 1 aromatic heterocycles. The molecule has 0 saturated heterocycles. The standard InChI is InChI=1S/C18H20BrN3OS/c1-10(2)22-8-7-13-14(9-22)24-18-15(13)17(23)20-16(21-18)11-3-5-12(19)6-4-11/h3-6,10,16,21H,7-9H2,1-2H3,(H,20,23). The Morgan fingerprint density at radius 1 is 1.25 bits per heavy atom. The van der Waals surface area contributed by atoms with Crippen LogP contribution in [0.15, 0.2) is 28.7 Å². The topological polar surface area (TPSA) is 44.4 Å². The Labute approximate surface area is 154 Å². The van der Waals surface area contributed by atoms with Crippen LogP contribution in [0.3, 0.4) is 0 Å². The molecule has 2 N–H and O–H groups in total. The maximum Gasteiger partial charge on any atom is 0.256 e. The predicted molar refractivity (Wildman–Crippen MR) is 102 cm³/mol. The Hall–Kier alpha value is -1.37. The highest BCUT2D eigenvalue weighted by atomic mass is 79.9. The number of nitrogens with zero attached hydrogens (tertiary/aromatic N) is 1. The van der Waals surface area contributed by atoms with Crippen molar-refractivity contribution in [1.82, 2.24) is 10.2 Å². The molecule has 1 amide bonds. The lowest BCUT2D eigenvalue weighted by Crippen LogP contribution is -2.39. The normalized spacial score (nSPS) is 20.3. The molecule has 2 aromatic rings. The van der Waals surface area contributed by atoms with E-state index in [4.69, 9.17) is 0 Å². The predicted octanol–water partition coefficient (Wildman–Crippen LogP) is 4.13. The summed E-state index contributed by atoms with van der Waals surface area (Å²) in [7, 11) is 0. The number of rotatable bonds is 2. The second kappa shape index (κ2) is 6.17. The van der Waals surface area contributed by atoms with E-state index in [0.717, 1.165) is 40.1 Å². The smallest absolute Gasteiger partial charge is 0.256 e. The fraction of sp³-hybridized carbons (Fsp3) is 0.389. The number of thiophene rings is 1. The molecule has 1 aromatic carbocycles. The summed E-state index contributed by atoms with van der Waals surface area (Å²) in [6.45, 7) is 6.43. The zero-order chi connectivity index (χ0) is 16.8. The molecule has 0 spiro atoms. The lowest BCUT2D eigenvalue weighted by molar-refractivity contribution is 0.0934. The molecule has 6 heteroatoms. The lowest BCUT2D eigenvalue weighted by atomic mass is 9.99. The van der Waals surface area contributed by atoms with Crippen LogP contribution >= 0.6 is 27.3 Å². The van der Waals surface area contributed by atoms with Crippen LogP contribution in [0.25, 0.3) is 0 Å². The number of hydrogen-bond donors (Lipinski definition) is 2. The van der Waals surface area contributed by atoms with E-state index in [9.17, 15) is 4.79 Å². The molecule has 2 aliphatic rings. The fourth-order valence-electron chi connectivity index (χ4n) is 3.40. The maximum atomic E-state index is 12.7. The van der Waals surface area contributed by atoms with Gasteiger partial charge in [0, 0.05) is 28.5 Å². The first-order chi connectivity index (χ1) is 11.5. The van der Waals surface area contributed by atoms with Gasteiger partial charge in [0.25, 0.3) is 5.91 Å². The van der Waals surface area contributed by atoms with Crippen molar-refractivity contribution < 1.29 is 4.79 Å². The molecule has 0 bridgehead atoms. The highest BCUT2D eigenvalue weighted by Gasteiger charge is 2.33. The van der Waals surface area contributed by atoms with Crippen LogP contribution in [0.1, 0.15) is 46.4 Å². The van der Waals surface area contributed by atoms with Crippen molar-refractivity contribution in [1.29, 1.82) is 0 Å². The SMILES string of the molecule is CC(C)N1CCc2c(sc3c2C(=O)NC(c2ccc(Br)cc2)N3)C1. The van der Waals surface area contributed by atoms with Crippen molar-refractivity contribution in [2.75, 3.05) is 11.9 Å². The molecule has 1 unspecified atom stereocenters.